The molecule has 1 aliphatic carbocycles. The SMILES string of the molecule is CNc1cccc(-c2ccccc2CNC(=O)c2c3n(c(=O)n2-c2ccc(OC4CC4)cc2)C[C@@H](C)N(C(=O)c2ccc(Br)c(C(F)(F)F)c2)C3)n1. The van der Waals surface area contributed by atoms with E-state index in [4.69, 9.17) is 4.74 Å². The first kappa shape index (κ1) is 35.1. The summed E-state index contributed by atoms with van der Waals surface area (Å²) in [6.07, 6.45) is -2.57. The number of halogens is 4. The first-order valence-corrected chi connectivity index (χ1v) is 17.5. The van der Waals surface area contributed by atoms with Crippen LogP contribution in [0.15, 0.2) is 94.2 Å². The summed E-state index contributed by atoms with van der Waals surface area (Å²) >= 11 is 2.93. The standard InChI is InChI=1S/C38H34BrF3N6O4/c1-22-20-47-32(21-46(22)36(50)23-10-17-30(39)29(18-23)38(40,41)42)34(48(37(47)51)25-11-13-26(14-12-25)52-27-15-16-27)35(49)44-19-24-6-3-4-7-28(24)31-8-5-9-33(43-2)45-31/h3-14,17-18,22,27H,15-16,19-21H2,1-2H3,(H,43,45)(H,44,49)/t22-/m1/s1. The van der Waals surface area contributed by atoms with Crippen LogP contribution in [0.2, 0.25) is 0 Å². The molecule has 2 amide bonds. The molecule has 0 spiro atoms. The normalized spacial score (nSPS) is 15.6. The zero-order valence-corrected chi connectivity index (χ0v) is 29.8. The number of benzene rings is 3. The molecule has 3 heterocycles. The summed E-state index contributed by atoms with van der Waals surface area (Å²) in [5.74, 6) is 0.0938. The van der Waals surface area contributed by atoms with E-state index >= 15 is 0 Å². The van der Waals surface area contributed by atoms with Crippen molar-refractivity contribution in [1.29, 1.82) is 0 Å². The molecule has 0 bridgehead atoms. The maximum Gasteiger partial charge on any atom is 0.417 e. The van der Waals surface area contributed by atoms with Gasteiger partial charge in [0.15, 0.2) is 0 Å². The van der Waals surface area contributed by atoms with Crippen molar-refractivity contribution in [2.45, 2.75) is 57.7 Å². The summed E-state index contributed by atoms with van der Waals surface area (Å²) in [5, 5.41) is 6.01. The van der Waals surface area contributed by atoms with Crippen LogP contribution in [0.5, 0.6) is 5.75 Å². The van der Waals surface area contributed by atoms with Crippen molar-refractivity contribution in [3.63, 3.8) is 0 Å². The number of pyridine rings is 1. The van der Waals surface area contributed by atoms with Crippen LogP contribution in [-0.4, -0.2) is 50.0 Å². The third-order valence-corrected chi connectivity index (χ3v) is 9.89. The van der Waals surface area contributed by atoms with E-state index < -0.39 is 35.3 Å². The van der Waals surface area contributed by atoms with Gasteiger partial charge >= 0.3 is 11.9 Å². The topological polar surface area (TPSA) is 110 Å². The Morgan fingerprint density at radius 1 is 1.00 bits per heavy atom. The number of imidazole rings is 1. The van der Waals surface area contributed by atoms with E-state index in [1.165, 1.54) is 26.2 Å². The lowest BCUT2D eigenvalue weighted by Crippen LogP contribution is -2.47. The number of hydrogen-bond acceptors (Lipinski definition) is 6. The van der Waals surface area contributed by atoms with Crippen LogP contribution in [0.4, 0.5) is 19.0 Å². The third-order valence-electron chi connectivity index (χ3n) is 9.20. The van der Waals surface area contributed by atoms with E-state index in [0.717, 1.165) is 30.0 Å². The number of amides is 2. The number of alkyl halides is 3. The van der Waals surface area contributed by atoms with E-state index in [0.29, 0.717) is 22.9 Å². The monoisotopic (exact) mass is 774 g/mol. The number of nitrogens with one attached hydrogen (secondary N) is 2. The molecule has 1 fully saturated rings. The smallest absolute Gasteiger partial charge is 0.417 e. The predicted octanol–water partition coefficient (Wildman–Crippen LogP) is 7.04. The summed E-state index contributed by atoms with van der Waals surface area (Å²) < 4.78 is 49.7. The molecule has 5 aromatic rings. The Hall–Kier alpha value is -5.37. The average molecular weight is 776 g/mol. The van der Waals surface area contributed by atoms with E-state index in [2.05, 4.69) is 31.5 Å². The maximum atomic E-state index is 14.3. The molecule has 3 aromatic carbocycles. The third kappa shape index (κ3) is 6.94. The van der Waals surface area contributed by atoms with E-state index in [1.54, 1.807) is 38.2 Å². The highest BCUT2D eigenvalue weighted by molar-refractivity contribution is 9.10. The number of carbonyl (C=O) groups excluding carboxylic acids is 2. The Morgan fingerprint density at radius 3 is 2.46 bits per heavy atom. The number of carbonyl (C=O) groups is 2. The van der Waals surface area contributed by atoms with Crippen LogP contribution in [-0.2, 0) is 25.8 Å². The van der Waals surface area contributed by atoms with Gasteiger partial charge in [0.1, 0.15) is 17.3 Å². The number of rotatable bonds is 9. The van der Waals surface area contributed by atoms with Gasteiger partial charge in [-0.1, -0.05) is 46.3 Å². The fourth-order valence-corrected chi connectivity index (χ4v) is 6.83. The lowest BCUT2D eigenvalue weighted by molar-refractivity contribution is -0.138. The Kier molecular flexibility index (Phi) is 9.42. The van der Waals surface area contributed by atoms with Crippen LogP contribution in [0.1, 0.15) is 57.4 Å². The number of anilines is 1. The number of nitrogens with zero attached hydrogens (tertiary/aromatic N) is 4. The van der Waals surface area contributed by atoms with E-state index in [9.17, 15) is 27.6 Å². The molecule has 10 nitrogen and oxygen atoms in total. The van der Waals surface area contributed by atoms with Crippen molar-refractivity contribution in [2.75, 3.05) is 12.4 Å². The summed E-state index contributed by atoms with van der Waals surface area (Å²) in [7, 11) is 1.78. The molecule has 0 saturated heterocycles. The molecule has 1 atom stereocenters. The van der Waals surface area contributed by atoms with Gasteiger partial charge in [-0.15, -0.1) is 0 Å². The molecule has 0 radical (unpaired) electrons. The molecule has 2 aromatic heterocycles. The van der Waals surface area contributed by atoms with Gasteiger partial charge in [-0.3, -0.25) is 18.7 Å². The second kappa shape index (κ2) is 14.0. The van der Waals surface area contributed by atoms with Gasteiger partial charge in [0, 0.05) is 41.8 Å². The number of aromatic nitrogens is 3. The van der Waals surface area contributed by atoms with Gasteiger partial charge in [-0.25, -0.2) is 9.78 Å². The highest BCUT2D eigenvalue weighted by atomic mass is 79.9. The molecule has 0 unspecified atom stereocenters. The minimum Gasteiger partial charge on any atom is -0.490 e. The van der Waals surface area contributed by atoms with Crippen LogP contribution >= 0.6 is 15.9 Å². The summed E-state index contributed by atoms with van der Waals surface area (Å²) in [4.78, 5) is 48.3. The molecule has 1 aliphatic heterocycles. The molecule has 2 aliphatic rings. The fraction of sp³-hybridized carbons (Fsp3) is 0.263. The minimum atomic E-state index is -4.69. The largest absolute Gasteiger partial charge is 0.490 e. The van der Waals surface area contributed by atoms with Crippen molar-refractivity contribution < 1.29 is 27.5 Å². The van der Waals surface area contributed by atoms with Crippen molar-refractivity contribution in [1.82, 2.24) is 24.3 Å². The van der Waals surface area contributed by atoms with E-state index in [1.807, 2.05) is 42.5 Å². The number of hydrogen-bond donors (Lipinski definition) is 2. The highest BCUT2D eigenvalue weighted by Gasteiger charge is 2.37. The lowest BCUT2D eigenvalue weighted by atomic mass is 10.0. The van der Waals surface area contributed by atoms with Crippen molar-refractivity contribution in [2.24, 2.45) is 0 Å². The quantitative estimate of drug-likeness (QED) is 0.166. The second-order valence-electron chi connectivity index (χ2n) is 12.8. The summed E-state index contributed by atoms with van der Waals surface area (Å²) in [5.41, 5.74) is 1.36. The minimum absolute atomic E-state index is 0.0186. The van der Waals surface area contributed by atoms with Crippen LogP contribution < -0.4 is 21.1 Å². The van der Waals surface area contributed by atoms with Crippen LogP contribution in [0, 0.1) is 0 Å². The van der Waals surface area contributed by atoms with Crippen molar-refractivity contribution in [3.8, 4) is 22.7 Å². The zero-order valence-electron chi connectivity index (χ0n) is 28.2. The Labute approximate surface area is 305 Å². The molecule has 7 rings (SSSR count). The van der Waals surface area contributed by atoms with Gasteiger partial charge < -0.3 is 20.3 Å². The molecule has 268 valence electrons. The van der Waals surface area contributed by atoms with Crippen LogP contribution in [0.3, 0.4) is 0 Å². The molecule has 1 saturated carbocycles. The second-order valence-corrected chi connectivity index (χ2v) is 13.7. The molecule has 14 heteroatoms. The van der Waals surface area contributed by atoms with Crippen molar-refractivity contribution in [3.05, 3.63) is 128 Å². The number of ether oxygens (including phenoxy) is 1. The van der Waals surface area contributed by atoms with Gasteiger partial charge in [-0.05, 0) is 79.9 Å². The highest BCUT2D eigenvalue weighted by Crippen LogP contribution is 2.36. The van der Waals surface area contributed by atoms with Gasteiger partial charge in [0.2, 0.25) is 0 Å². The molecular weight excluding hydrogens is 741 g/mol. The van der Waals surface area contributed by atoms with Gasteiger partial charge in [0.05, 0.1) is 35.3 Å². The Balaban J connectivity index is 1.25. The molecule has 52 heavy (non-hydrogen) atoms. The van der Waals surface area contributed by atoms with E-state index in [-0.39, 0.29) is 47.2 Å². The fourth-order valence-electron chi connectivity index (χ4n) is 6.36. The Morgan fingerprint density at radius 2 is 1.75 bits per heavy atom. The molecular formula is C38H34BrF3N6O4. The Bertz CT molecular complexity index is 2230. The predicted molar refractivity (Wildman–Crippen MR) is 193 cm³/mol. The summed E-state index contributed by atoms with van der Waals surface area (Å²) in [6.45, 7) is 1.63. The lowest BCUT2D eigenvalue weighted by Gasteiger charge is -2.34. The molecule has 2 N–H and O–H groups in total. The van der Waals surface area contributed by atoms with Crippen molar-refractivity contribution >= 4 is 33.6 Å². The average Bonchev–Trinajstić information content (AvgIpc) is 3.92. The summed E-state index contributed by atoms with van der Waals surface area (Å²) in [6, 6.07) is 22.7. The maximum absolute atomic E-state index is 14.3. The van der Waals surface area contributed by atoms with Gasteiger partial charge in [-0.2, -0.15) is 13.2 Å². The van der Waals surface area contributed by atoms with Crippen LogP contribution in [0.25, 0.3) is 16.9 Å². The first-order chi connectivity index (χ1) is 24.9. The first-order valence-electron chi connectivity index (χ1n) is 16.7. The number of fused-ring (bicyclic) bond motifs is 1. The van der Waals surface area contributed by atoms with Gasteiger partial charge in [0.25, 0.3) is 11.8 Å². The zero-order chi connectivity index (χ0) is 36.7.